The van der Waals surface area contributed by atoms with E-state index in [-0.39, 0.29) is 0 Å². The van der Waals surface area contributed by atoms with Crippen molar-refractivity contribution in [2.45, 2.75) is 19.8 Å². The summed E-state index contributed by atoms with van der Waals surface area (Å²) in [5.74, 6) is 0.688. The Bertz CT molecular complexity index is 189. The van der Waals surface area contributed by atoms with Crippen LogP contribution in [0.1, 0.15) is 25.7 Å². The molecule has 1 aromatic rings. The first-order chi connectivity index (χ1) is 4.93. The van der Waals surface area contributed by atoms with Gasteiger partial charge in [-0.2, -0.15) is 0 Å². The van der Waals surface area contributed by atoms with Crippen LogP contribution in [0.25, 0.3) is 6.08 Å². The SMILES string of the molecule is CCCC=Cc1ncco1. The minimum Gasteiger partial charge on any atom is -0.445 e. The van der Waals surface area contributed by atoms with E-state index in [1.165, 1.54) is 0 Å². The van der Waals surface area contributed by atoms with Crippen molar-refractivity contribution in [3.8, 4) is 0 Å². The molecule has 0 aliphatic carbocycles. The molecule has 0 aromatic carbocycles. The molecule has 0 saturated heterocycles. The minimum absolute atomic E-state index is 0.688. The van der Waals surface area contributed by atoms with E-state index >= 15 is 0 Å². The van der Waals surface area contributed by atoms with Crippen LogP contribution in [-0.2, 0) is 0 Å². The summed E-state index contributed by atoms with van der Waals surface area (Å²) in [6, 6.07) is 0. The molecule has 0 unspecified atom stereocenters. The first kappa shape index (κ1) is 7.06. The number of aromatic nitrogens is 1. The molecule has 0 N–H and O–H groups in total. The molecule has 0 aliphatic rings. The summed E-state index contributed by atoms with van der Waals surface area (Å²) < 4.78 is 4.98. The van der Waals surface area contributed by atoms with Gasteiger partial charge >= 0.3 is 0 Å². The number of unbranched alkanes of at least 4 members (excludes halogenated alkanes) is 1. The molecule has 0 bridgehead atoms. The summed E-state index contributed by atoms with van der Waals surface area (Å²) in [7, 11) is 0. The predicted octanol–water partition coefficient (Wildman–Crippen LogP) is 2.49. The Labute approximate surface area is 60.6 Å². The standard InChI is InChI=1S/C8H11NO/c1-2-3-4-5-8-9-6-7-10-8/h4-7H,2-3H2,1H3. The maximum atomic E-state index is 4.98. The quantitative estimate of drug-likeness (QED) is 0.639. The zero-order valence-electron chi connectivity index (χ0n) is 6.08. The maximum absolute atomic E-state index is 4.98. The van der Waals surface area contributed by atoms with Crippen molar-refractivity contribution in [3.05, 3.63) is 24.4 Å². The van der Waals surface area contributed by atoms with Crippen molar-refractivity contribution in [1.82, 2.24) is 4.98 Å². The molecule has 0 radical (unpaired) electrons. The third-order valence-electron chi connectivity index (χ3n) is 1.17. The van der Waals surface area contributed by atoms with Crippen LogP contribution in [-0.4, -0.2) is 4.98 Å². The van der Waals surface area contributed by atoms with E-state index in [4.69, 9.17) is 4.42 Å². The lowest BCUT2D eigenvalue weighted by Crippen LogP contribution is -1.67. The van der Waals surface area contributed by atoms with Gasteiger partial charge in [-0.25, -0.2) is 4.98 Å². The predicted molar refractivity (Wildman–Crippen MR) is 40.4 cm³/mol. The van der Waals surface area contributed by atoms with Gasteiger partial charge in [0.05, 0.1) is 6.20 Å². The van der Waals surface area contributed by atoms with Crippen LogP contribution in [0.4, 0.5) is 0 Å². The van der Waals surface area contributed by atoms with Gasteiger partial charge in [0.2, 0.25) is 5.89 Å². The van der Waals surface area contributed by atoms with Crippen LogP contribution in [0.5, 0.6) is 0 Å². The Morgan fingerprint density at radius 3 is 3.20 bits per heavy atom. The van der Waals surface area contributed by atoms with Gasteiger partial charge in [0.25, 0.3) is 0 Å². The monoisotopic (exact) mass is 137 g/mol. The highest BCUT2D eigenvalue weighted by molar-refractivity contribution is 5.36. The third-order valence-corrected chi connectivity index (χ3v) is 1.17. The van der Waals surface area contributed by atoms with Gasteiger partial charge < -0.3 is 4.42 Å². The largest absolute Gasteiger partial charge is 0.445 e. The summed E-state index contributed by atoms with van der Waals surface area (Å²) >= 11 is 0. The Hall–Kier alpha value is -1.05. The second kappa shape index (κ2) is 3.88. The van der Waals surface area contributed by atoms with Crippen LogP contribution in [0, 0.1) is 0 Å². The second-order valence-electron chi connectivity index (χ2n) is 2.06. The van der Waals surface area contributed by atoms with Crippen molar-refractivity contribution < 1.29 is 4.42 Å². The Morgan fingerprint density at radius 1 is 1.70 bits per heavy atom. The molecule has 0 saturated carbocycles. The van der Waals surface area contributed by atoms with Gasteiger partial charge in [0.15, 0.2) is 0 Å². The molecule has 1 heterocycles. The Balaban J connectivity index is 2.40. The van der Waals surface area contributed by atoms with E-state index in [2.05, 4.69) is 18.0 Å². The number of nitrogens with zero attached hydrogens (tertiary/aromatic N) is 1. The first-order valence-electron chi connectivity index (χ1n) is 3.49. The maximum Gasteiger partial charge on any atom is 0.218 e. The minimum atomic E-state index is 0.688. The zero-order valence-corrected chi connectivity index (χ0v) is 6.08. The van der Waals surface area contributed by atoms with E-state index in [1.54, 1.807) is 12.5 Å². The van der Waals surface area contributed by atoms with Crippen LogP contribution in [0.2, 0.25) is 0 Å². The molecule has 0 amide bonds. The highest BCUT2D eigenvalue weighted by atomic mass is 16.3. The Kier molecular flexibility index (Phi) is 2.74. The van der Waals surface area contributed by atoms with Crippen molar-refractivity contribution >= 4 is 6.08 Å². The van der Waals surface area contributed by atoms with Gasteiger partial charge in [-0.1, -0.05) is 19.4 Å². The van der Waals surface area contributed by atoms with E-state index in [9.17, 15) is 0 Å². The highest BCUT2D eigenvalue weighted by Gasteiger charge is 1.85. The Morgan fingerprint density at radius 2 is 2.60 bits per heavy atom. The summed E-state index contributed by atoms with van der Waals surface area (Å²) in [5.41, 5.74) is 0. The number of hydrogen-bond donors (Lipinski definition) is 0. The van der Waals surface area contributed by atoms with Gasteiger partial charge in [-0.3, -0.25) is 0 Å². The molecular weight excluding hydrogens is 126 g/mol. The lowest BCUT2D eigenvalue weighted by Gasteiger charge is -1.81. The molecule has 1 aromatic heterocycles. The topological polar surface area (TPSA) is 26.0 Å². The van der Waals surface area contributed by atoms with Crippen molar-refractivity contribution in [2.75, 3.05) is 0 Å². The van der Waals surface area contributed by atoms with Crippen LogP contribution >= 0.6 is 0 Å². The summed E-state index contributed by atoms with van der Waals surface area (Å²) in [6.45, 7) is 2.14. The fraction of sp³-hybridized carbons (Fsp3) is 0.375. The van der Waals surface area contributed by atoms with Gasteiger partial charge in [-0.15, -0.1) is 0 Å². The van der Waals surface area contributed by atoms with Crippen molar-refractivity contribution in [3.63, 3.8) is 0 Å². The second-order valence-corrected chi connectivity index (χ2v) is 2.06. The van der Waals surface area contributed by atoms with Crippen molar-refractivity contribution in [2.24, 2.45) is 0 Å². The zero-order chi connectivity index (χ0) is 7.23. The fourth-order valence-corrected chi connectivity index (χ4v) is 0.668. The smallest absolute Gasteiger partial charge is 0.218 e. The molecule has 0 atom stereocenters. The normalized spacial score (nSPS) is 10.9. The summed E-state index contributed by atoms with van der Waals surface area (Å²) in [6.07, 6.45) is 9.42. The molecule has 2 heteroatoms. The first-order valence-corrected chi connectivity index (χ1v) is 3.49. The fourth-order valence-electron chi connectivity index (χ4n) is 0.668. The lowest BCUT2D eigenvalue weighted by molar-refractivity contribution is 0.546. The molecule has 2 nitrogen and oxygen atoms in total. The van der Waals surface area contributed by atoms with Gasteiger partial charge in [0, 0.05) is 0 Å². The number of hydrogen-bond acceptors (Lipinski definition) is 2. The van der Waals surface area contributed by atoms with Crippen LogP contribution in [0.3, 0.4) is 0 Å². The number of allylic oxidation sites excluding steroid dienone is 1. The molecule has 0 aliphatic heterocycles. The molecule has 1 rings (SSSR count). The third kappa shape index (κ3) is 2.05. The molecule has 54 valence electrons. The lowest BCUT2D eigenvalue weighted by atomic mass is 10.3. The van der Waals surface area contributed by atoms with E-state index in [0.29, 0.717) is 5.89 Å². The molecule has 10 heavy (non-hydrogen) atoms. The molecule has 0 fully saturated rings. The average molecular weight is 137 g/mol. The van der Waals surface area contributed by atoms with Crippen LogP contribution in [0.15, 0.2) is 23.0 Å². The van der Waals surface area contributed by atoms with E-state index < -0.39 is 0 Å². The summed E-state index contributed by atoms with van der Waals surface area (Å²) in [4.78, 5) is 3.93. The van der Waals surface area contributed by atoms with E-state index in [0.717, 1.165) is 12.8 Å². The molecular formula is C8H11NO. The number of rotatable bonds is 3. The number of oxazole rings is 1. The average Bonchev–Trinajstić information content (AvgIpc) is 2.41. The highest BCUT2D eigenvalue weighted by Crippen LogP contribution is 1.99. The van der Waals surface area contributed by atoms with Gasteiger partial charge in [-0.05, 0) is 12.5 Å². The summed E-state index contributed by atoms with van der Waals surface area (Å²) in [5, 5.41) is 0. The van der Waals surface area contributed by atoms with Crippen molar-refractivity contribution in [1.29, 1.82) is 0 Å². The molecule has 0 spiro atoms. The van der Waals surface area contributed by atoms with Crippen LogP contribution < -0.4 is 0 Å². The van der Waals surface area contributed by atoms with E-state index in [1.807, 2.05) is 6.08 Å². The van der Waals surface area contributed by atoms with Gasteiger partial charge in [0.1, 0.15) is 6.26 Å².